The highest BCUT2D eigenvalue weighted by Gasteiger charge is 2.22. The van der Waals surface area contributed by atoms with E-state index in [0.29, 0.717) is 28.7 Å². The largest absolute Gasteiger partial charge is 0.378 e. The number of aromatic amines is 1. The molecule has 0 aliphatic carbocycles. The highest BCUT2D eigenvalue weighted by Crippen LogP contribution is 2.27. The Morgan fingerprint density at radius 2 is 1.82 bits per heavy atom. The fourth-order valence-electron chi connectivity index (χ4n) is 4.40. The number of H-pyrrole nitrogens is 1. The van der Waals surface area contributed by atoms with Crippen molar-refractivity contribution >= 4 is 46.5 Å². The van der Waals surface area contributed by atoms with Crippen LogP contribution in [0.4, 0.5) is 23.1 Å². The van der Waals surface area contributed by atoms with Crippen LogP contribution in [-0.2, 0) is 4.74 Å². The molecule has 176 valence electrons. The fourth-order valence-corrected chi connectivity index (χ4v) is 4.40. The maximum Gasteiger partial charge on any atom is 0.261 e. The van der Waals surface area contributed by atoms with Crippen LogP contribution >= 0.6 is 12.4 Å². The van der Waals surface area contributed by atoms with Crippen molar-refractivity contribution in [3.05, 3.63) is 46.9 Å². The van der Waals surface area contributed by atoms with Crippen LogP contribution in [-0.4, -0.2) is 67.4 Å². The Bertz CT molecular complexity index is 1130. The zero-order chi connectivity index (χ0) is 21.9. The van der Waals surface area contributed by atoms with E-state index < -0.39 is 0 Å². The Morgan fingerprint density at radius 1 is 1.09 bits per heavy atom. The molecule has 2 aliphatic rings. The first-order chi connectivity index (χ1) is 15.7. The molecule has 2 aromatic heterocycles. The van der Waals surface area contributed by atoms with Gasteiger partial charge in [-0.25, -0.2) is 4.98 Å². The minimum atomic E-state index is -0.203. The number of nitrogens with zero attached hydrogens (tertiary/aromatic N) is 4. The van der Waals surface area contributed by atoms with Crippen molar-refractivity contribution in [2.24, 2.45) is 0 Å². The monoisotopic (exact) mass is 471 g/mol. The quantitative estimate of drug-likeness (QED) is 0.522. The summed E-state index contributed by atoms with van der Waals surface area (Å²) in [5.74, 6) is 1.15. The average molecular weight is 472 g/mol. The van der Waals surface area contributed by atoms with Crippen molar-refractivity contribution in [1.29, 1.82) is 0 Å². The van der Waals surface area contributed by atoms with E-state index in [1.807, 2.05) is 25.2 Å². The van der Waals surface area contributed by atoms with Gasteiger partial charge in [0, 0.05) is 43.8 Å². The van der Waals surface area contributed by atoms with Crippen LogP contribution in [0.3, 0.4) is 0 Å². The highest BCUT2D eigenvalue weighted by atomic mass is 35.5. The lowest BCUT2D eigenvalue weighted by Crippen LogP contribution is -2.42. The molecule has 2 saturated heterocycles. The topological polar surface area (TPSA) is 98.4 Å². The minimum Gasteiger partial charge on any atom is -0.378 e. The third kappa shape index (κ3) is 5.05. The maximum absolute atomic E-state index is 12.6. The lowest BCUT2D eigenvalue weighted by atomic mass is 10.1. The summed E-state index contributed by atoms with van der Waals surface area (Å²) in [6.45, 7) is 5.27. The van der Waals surface area contributed by atoms with Gasteiger partial charge in [-0.2, -0.15) is 4.98 Å². The van der Waals surface area contributed by atoms with Gasteiger partial charge in [0.15, 0.2) is 0 Å². The van der Waals surface area contributed by atoms with Crippen LogP contribution in [0.5, 0.6) is 0 Å². The molecule has 2 fully saturated rings. The highest BCUT2D eigenvalue weighted by molar-refractivity contribution is 5.91. The van der Waals surface area contributed by atoms with Crippen molar-refractivity contribution in [1.82, 2.24) is 20.3 Å². The molecule has 1 aromatic carbocycles. The van der Waals surface area contributed by atoms with E-state index in [-0.39, 0.29) is 18.0 Å². The van der Waals surface area contributed by atoms with E-state index >= 15 is 0 Å². The Labute approximate surface area is 199 Å². The molecule has 0 bridgehead atoms. The Balaban J connectivity index is 0.00000259. The molecule has 0 saturated carbocycles. The molecule has 33 heavy (non-hydrogen) atoms. The molecule has 4 heterocycles. The van der Waals surface area contributed by atoms with Crippen LogP contribution in [0, 0.1) is 0 Å². The fraction of sp³-hybridized carbons (Fsp3) is 0.435. The van der Waals surface area contributed by atoms with Gasteiger partial charge in [-0.15, -0.1) is 12.4 Å². The van der Waals surface area contributed by atoms with Crippen LogP contribution in [0.2, 0.25) is 0 Å². The smallest absolute Gasteiger partial charge is 0.261 e. The number of hydrogen-bond donors (Lipinski definition) is 3. The summed E-state index contributed by atoms with van der Waals surface area (Å²) in [5, 5.41) is 7.22. The summed E-state index contributed by atoms with van der Waals surface area (Å²) in [6.07, 6.45) is 3.71. The van der Waals surface area contributed by atoms with Crippen molar-refractivity contribution in [2.75, 3.05) is 61.6 Å². The number of rotatable bonds is 5. The second-order valence-corrected chi connectivity index (χ2v) is 8.30. The first-order valence-corrected chi connectivity index (χ1v) is 11.2. The number of benzene rings is 1. The lowest BCUT2D eigenvalue weighted by molar-refractivity contribution is 0.122. The molecule has 5 rings (SSSR count). The number of nitrogens with one attached hydrogen (secondary N) is 3. The van der Waals surface area contributed by atoms with Crippen LogP contribution in [0.15, 0.2) is 41.3 Å². The van der Waals surface area contributed by atoms with Gasteiger partial charge in [0.1, 0.15) is 11.2 Å². The molecule has 2 aliphatic heterocycles. The number of ether oxygens (including phenoxy) is 1. The Hall–Kier alpha value is -2.88. The maximum atomic E-state index is 12.6. The van der Waals surface area contributed by atoms with Crippen LogP contribution < -0.4 is 26.0 Å². The number of morpholine rings is 1. The first kappa shape index (κ1) is 23.3. The number of piperidine rings is 1. The SMILES string of the molecule is CN(c1nc(Nc2ccc(N3CCOCC3)cc2)c2c(=O)[nH]ccc2n1)C1CCNCC1.Cl. The number of hydrogen-bond acceptors (Lipinski definition) is 8. The average Bonchev–Trinajstić information content (AvgIpc) is 2.85. The molecular formula is C23H30ClN7O2. The summed E-state index contributed by atoms with van der Waals surface area (Å²) < 4.78 is 5.44. The van der Waals surface area contributed by atoms with Gasteiger partial charge in [0.2, 0.25) is 5.95 Å². The number of halogens is 1. The van der Waals surface area contributed by atoms with E-state index in [9.17, 15) is 4.79 Å². The summed E-state index contributed by atoms with van der Waals surface area (Å²) in [7, 11) is 2.03. The van der Waals surface area contributed by atoms with Crippen LogP contribution in [0.25, 0.3) is 10.9 Å². The standard InChI is InChI=1S/C23H29N7O2.ClH/c1-29(17-6-9-24-10-7-17)23-27-19-8-11-25-22(31)20(19)21(28-23)26-16-2-4-18(5-3-16)30-12-14-32-15-13-30;/h2-5,8,11,17,24H,6-7,9-10,12-15H2,1H3,(H,25,31)(H,26,27,28);1H. The van der Waals surface area contributed by atoms with Gasteiger partial charge in [-0.05, 0) is 56.3 Å². The molecule has 10 heteroatoms. The van der Waals surface area contributed by atoms with Gasteiger partial charge < -0.3 is 30.2 Å². The molecule has 0 amide bonds. The summed E-state index contributed by atoms with van der Waals surface area (Å²) in [6, 6.07) is 10.4. The molecule has 0 unspecified atom stereocenters. The van der Waals surface area contributed by atoms with Gasteiger partial charge in [-0.3, -0.25) is 4.79 Å². The predicted octanol–water partition coefficient (Wildman–Crippen LogP) is 2.51. The van der Waals surface area contributed by atoms with Crippen molar-refractivity contribution in [3.63, 3.8) is 0 Å². The second kappa shape index (κ2) is 10.4. The third-order valence-electron chi connectivity index (χ3n) is 6.29. The predicted molar refractivity (Wildman–Crippen MR) is 134 cm³/mol. The first-order valence-electron chi connectivity index (χ1n) is 11.2. The van der Waals surface area contributed by atoms with Gasteiger partial charge >= 0.3 is 0 Å². The molecule has 0 atom stereocenters. The lowest BCUT2D eigenvalue weighted by Gasteiger charge is -2.32. The summed E-state index contributed by atoms with van der Waals surface area (Å²) >= 11 is 0. The third-order valence-corrected chi connectivity index (χ3v) is 6.29. The molecule has 3 N–H and O–H groups in total. The van der Waals surface area contributed by atoms with Gasteiger partial charge in [0.25, 0.3) is 5.56 Å². The number of aromatic nitrogens is 3. The molecule has 9 nitrogen and oxygen atoms in total. The zero-order valence-corrected chi connectivity index (χ0v) is 19.5. The van der Waals surface area contributed by atoms with E-state index in [4.69, 9.17) is 14.7 Å². The number of fused-ring (bicyclic) bond motifs is 1. The van der Waals surface area contributed by atoms with Crippen molar-refractivity contribution in [3.8, 4) is 0 Å². The second-order valence-electron chi connectivity index (χ2n) is 8.30. The van der Waals surface area contributed by atoms with E-state index in [2.05, 4.69) is 37.6 Å². The molecule has 0 radical (unpaired) electrons. The molecular weight excluding hydrogens is 442 g/mol. The number of anilines is 4. The normalized spacial score (nSPS) is 16.9. The summed E-state index contributed by atoms with van der Waals surface area (Å²) in [5.41, 5.74) is 2.47. The Morgan fingerprint density at radius 3 is 2.55 bits per heavy atom. The van der Waals surface area contributed by atoms with Crippen molar-refractivity contribution in [2.45, 2.75) is 18.9 Å². The summed E-state index contributed by atoms with van der Waals surface area (Å²) in [4.78, 5) is 29.3. The van der Waals surface area contributed by atoms with Crippen LogP contribution in [0.1, 0.15) is 12.8 Å². The zero-order valence-electron chi connectivity index (χ0n) is 18.7. The van der Waals surface area contributed by atoms with Crippen molar-refractivity contribution < 1.29 is 4.74 Å². The van der Waals surface area contributed by atoms with Gasteiger partial charge in [0.05, 0.1) is 18.7 Å². The number of pyridine rings is 1. The Kier molecular flexibility index (Phi) is 7.32. The molecule has 3 aromatic rings. The van der Waals surface area contributed by atoms with Gasteiger partial charge in [-0.1, -0.05) is 0 Å². The van der Waals surface area contributed by atoms with E-state index in [1.165, 1.54) is 0 Å². The molecule has 0 spiro atoms. The minimum absolute atomic E-state index is 0. The van der Waals surface area contributed by atoms with E-state index in [1.54, 1.807) is 6.20 Å². The van der Waals surface area contributed by atoms with E-state index in [0.717, 1.165) is 63.6 Å².